The highest BCUT2D eigenvalue weighted by molar-refractivity contribution is 9.10. The van der Waals surface area contributed by atoms with Crippen molar-refractivity contribution in [3.8, 4) is 0 Å². The number of ether oxygens (including phenoxy) is 1. The molecule has 6 heteroatoms. The predicted molar refractivity (Wildman–Crippen MR) is 110 cm³/mol. The van der Waals surface area contributed by atoms with Crippen molar-refractivity contribution >= 4 is 38.0 Å². The molecule has 0 spiro atoms. The van der Waals surface area contributed by atoms with Crippen molar-refractivity contribution in [1.29, 1.82) is 0 Å². The molecule has 1 aliphatic rings. The zero-order valence-electron chi connectivity index (χ0n) is 15.2. The van der Waals surface area contributed by atoms with E-state index < -0.39 is 0 Å². The van der Waals surface area contributed by atoms with Crippen LogP contribution < -0.4 is 0 Å². The lowest BCUT2D eigenvalue weighted by Crippen LogP contribution is -2.26. The molecule has 4 heterocycles. The van der Waals surface area contributed by atoms with Gasteiger partial charge in [0.1, 0.15) is 11.0 Å². The summed E-state index contributed by atoms with van der Waals surface area (Å²) in [6.45, 7) is 1.65. The molecule has 1 aromatic carbocycles. The van der Waals surface area contributed by atoms with Crippen LogP contribution in [-0.2, 0) is 11.8 Å². The maximum Gasteiger partial charge on any atom is 0.114 e. The number of aryl methyl sites for hydroxylation is 1. The lowest BCUT2D eigenvalue weighted by molar-refractivity contribution is 0.0553. The summed E-state index contributed by atoms with van der Waals surface area (Å²) in [6, 6.07) is 13.2. The summed E-state index contributed by atoms with van der Waals surface area (Å²) in [7, 11) is 1.99. The van der Waals surface area contributed by atoms with Crippen LogP contribution in [0.1, 0.15) is 24.4 Å². The average Bonchev–Trinajstić information content (AvgIpc) is 3.22. The van der Waals surface area contributed by atoms with E-state index in [1.54, 1.807) is 0 Å². The Morgan fingerprint density at radius 3 is 2.67 bits per heavy atom. The standard InChI is InChI=1S/C21H21BrN4O/c1-25-21-18(13-24-25)26(17-11-16(22)12-23-19(17)21)20(14-5-3-2-4-6-14)15-7-9-27-10-8-15/h2-6,11-13,15,20H,7-10H2,1H3. The zero-order chi connectivity index (χ0) is 18.4. The fourth-order valence-corrected chi connectivity index (χ4v) is 4.73. The molecule has 1 saturated heterocycles. The molecular weight excluding hydrogens is 404 g/mol. The van der Waals surface area contributed by atoms with E-state index >= 15 is 0 Å². The minimum Gasteiger partial charge on any atom is -0.381 e. The monoisotopic (exact) mass is 424 g/mol. The van der Waals surface area contributed by atoms with Gasteiger partial charge in [0, 0.05) is 30.9 Å². The molecule has 138 valence electrons. The highest BCUT2D eigenvalue weighted by Gasteiger charge is 2.30. The third kappa shape index (κ3) is 2.78. The number of benzene rings is 1. The summed E-state index contributed by atoms with van der Waals surface area (Å²) in [5, 5.41) is 4.53. The van der Waals surface area contributed by atoms with Crippen LogP contribution in [0.15, 0.2) is 53.3 Å². The number of aromatic nitrogens is 4. The highest BCUT2D eigenvalue weighted by Crippen LogP contribution is 2.40. The molecule has 1 atom stereocenters. The molecule has 0 aliphatic carbocycles. The van der Waals surface area contributed by atoms with Crippen LogP contribution in [0.4, 0.5) is 0 Å². The van der Waals surface area contributed by atoms with Gasteiger partial charge in [-0.2, -0.15) is 5.10 Å². The van der Waals surface area contributed by atoms with E-state index in [4.69, 9.17) is 9.72 Å². The van der Waals surface area contributed by atoms with Crippen molar-refractivity contribution in [2.45, 2.75) is 18.9 Å². The molecule has 0 amide bonds. The van der Waals surface area contributed by atoms with Gasteiger partial charge in [-0.15, -0.1) is 0 Å². The number of fused-ring (bicyclic) bond motifs is 3. The van der Waals surface area contributed by atoms with Gasteiger partial charge in [0.05, 0.1) is 23.3 Å². The Hall–Kier alpha value is -2.18. The van der Waals surface area contributed by atoms with Gasteiger partial charge in [0.2, 0.25) is 0 Å². The number of hydrogen-bond donors (Lipinski definition) is 0. The normalized spacial score (nSPS) is 17.0. The highest BCUT2D eigenvalue weighted by atomic mass is 79.9. The van der Waals surface area contributed by atoms with Crippen LogP contribution in [0.2, 0.25) is 0 Å². The summed E-state index contributed by atoms with van der Waals surface area (Å²) in [6.07, 6.45) is 5.95. The van der Waals surface area contributed by atoms with Crippen molar-refractivity contribution in [3.05, 3.63) is 58.8 Å². The van der Waals surface area contributed by atoms with E-state index in [0.29, 0.717) is 5.92 Å². The molecule has 27 heavy (non-hydrogen) atoms. The fourth-order valence-electron chi connectivity index (χ4n) is 4.41. The molecular formula is C21H21BrN4O. The minimum absolute atomic E-state index is 0.232. The zero-order valence-corrected chi connectivity index (χ0v) is 16.8. The molecule has 4 aromatic rings. The first kappa shape index (κ1) is 17.0. The van der Waals surface area contributed by atoms with E-state index in [9.17, 15) is 0 Å². The third-order valence-electron chi connectivity index (χ3n) is 5.63. The number of pyridine rings is 1. The van der Waals surface area contributed by atoms with Crippen LogP contribution in [0.5, 0.6) is 0 Å². The first-order valence-electron chi connectivity index (χ1n) is 9.34. The molecule has 1 aliphatic heterocycles. The molecule has 5 nitrogen and oxygen atoms in total. The quantitative estimate of drug-likeness (QED) is 0.478. The Morgan fingerprint density at radius 2 is 1.89 bits per heavy atom. The second-order valence-electron chi connectivity index (χ2n) is 7.20. The van der Waals surface area contributed by atoms with Gasteiger partial charge in [-0.3, -0.25) is 9.67 Å². The molecule has 1 fully saturated rings. The maximum atomic E-state index is 5.66. The van der Waals surface area contributed by atoms with Gasteiger partial charge in [0.15, 0.2) is 0 Å². The SMILES string of the molecule is Cn1ncc2c1c1ncc(Br)cc1n2C(c1ccccc1)C1CCOCC1. The molecule has 0 bridgehead atoms. The number of hydrogen-bond acceptors (Lipinski definition) is 3. The molecule has 5 rings (SSSR count). The Labute approximate surface area is 166 Å². The van der Waals surface area contributed by atoms with Crippen LogP contribution in [0.25, 0.3) is 22.1 Å². The average molecular weight is 425 g/mol. The van der Waals surface area contributed by atoms with E-state index in [0.717, 1.165) is 52.6 Å². The van der Waals surface area contributed by atoms with Crippen molar-refractivity contribution in [2.75, 3.05) is 13.2 Å². The van der Waals surface area contributed by atoms with E-state index in [2.05, 4.69) is 62.0 Å². The minimum atomic E-state index is 0.232. The van der Waals surface area contributed by atoms with Gasteiger partial charge >= 0.3 is 0 Å². The van der Waals surface area contributed by atoms with Crippen LogP contribution >= 0.6 is 15.9 Å². The van der Waals surface area contributed by atoms with Crippen LogP contribution in [0.3, 0.4) is 0 Å². The second-order valence-corrected chi connectivity index (χ2v) is 8.11. The lowest BCUT2D eigenvalue weighted by atomic mass is 9.86. The van der Waals surface area contributed by atoms with Crippen LogP contribution in [-0.4, -0.2) is 32.5 Å². The molecule has 3 aromatic heterocycles. The largest absolute Gasteiger partial charge is 0.381 e. The Balaban J connectivity index is 1.82. The van der Waals surface area contributed by atoms with Crippen LogP contribution in [0, 0.1) is 5.92 Å². The number of nitrogens with zero attached hydrogens (tertiary/aromatic N) is 4. The van der Waals surface area contributed by atoms with Crippen molar-refractivity contribution in [2.24, 2.45) is 13.0 Å². The molecule has 0 N–H and O–H groups in total. The summed E-state index contributed by atoms with van der Waals surface area (Å²) in [5.41, 5.74) is 5.70. The third-order valence-corrected chi connectivity index (χ3v) is 6.06. The van der Waals surface area contributed by atoms with E-state index in [1.165, 1.54) is 5.56 Å². The van der Waals surface area contributed by atoms with E-state index in [1.807, 2.05) is 24.1 Å². The Morgan fingerprint density at radius 1 is 1.11 bits per heavy atom. The van der Waals surface area contributed by atoms with Gasteiger partial charge in [-0.25, -0.2) is 0 Å². The smallest absolute Gasteiger partial charge is 0.114 e. The number of halogens is 1. The van der Waals surface area contributed by atoms with Crippen molar-refractivity contribution in [3.63, 3.8) is 0 Å². The van der Waals surface area contributed by atoms with Gasteiger partial charge in [-0.1, -0.05) is 30.3 Å². The number of rotatable bonds is 3. The van der Waals surface area contributed by atoms with Gasteiger partial charge in [0.25, 0.3) is 0 Å². The fraction of sp³-hybridized carbons (Fsp3) is 0.333. The van der Waals surface area contributed by atoms with Crippen molar-refractivity contribution < 1.29 is 4.74 Å². The van der Waals surface area contributed by atoms with E-state index in [-0.39, 0.29) is 6.04 Å². The molecule has 0 saturated carbocycles. The summed E-state index contributed by atoms with van der Waals surface area (Å²) in [4.78, 5) is 4.73. The summed E-state index contributed by atoms with van der Waals surface area (Å²) in [5.74, 6) is 0.513. The first-order chi connectivity index (χ1) is 13.2. The first-order valence-corrected chi connectivity index (χ1v) is 10.1. The van der Waals surface area contributed by atoms with Crippen molar-refractivity contribution in [1.82, 2.24) is 19.3 Å². The predicted octanol–water partition coefficient (Wildman–Crippen LogP) is 4.70. The summed E-state index contributed by atoms with van der Waals surface area (Å²) < 4.78 is 11.0. The Kier molecular flexibility index (Phi) is 4.25. The topological polar surface area (TPSA) is 44.9 Å². The molecule has 0 radical (unpaired) electrons. The molecule has 1 unspecified atom stereocenters. The Bertz CT molecular complexity index is 1100. The summed E-state index contributed by atoms with van der Waals surface area (Å²) >= 11 is 3.61. The van der Waals surface area contributed by atoms with Gasteiger partial charge in [-0.05, 0) is 46.3 Å². The maximum absolute atomic E-state index is 5.66. The van der Waals surface area contributed by atoms with Gasteiger partial charge < -0.3 is 9.30 Å². The second kappa shape index (κ2) is 6.77. The lowest BCUT2D eigenvalue weighted by Gasteiger charge is -2.32.